The number of aromatic nitrogens is 2. The average Bonchev–Trinajstić information content (AvgIpc) is 3.25. The number of alkyl halides is 3. The van der Waals surface area contributed by atoms with Gasteiger partial charge in [0.15, 0.2) is 0 Å². The first kappa shape index (κ1) is 18.1. The Kier molecular flexibility index (Phi) is 4.54. The van der Waals surface area contributed by atoms with Crippen LogP contribution in [0.1, 0.15) is 17.8 Å². The van der Waals surface area contributed by atoms with Crippen molar-refractivity contribution in [1.82, 2.24) is 9.55 Å². The van der Waals surface area contributed by atoms with Gasteiger partial charge in [0, 0.05) is 29.9 Å². The molecule has 28 heavy (non-hydrogen) atoms. The van der Waals surface area contributed by atoms with Crippen molar-refractivity contribution in [3.8, 4) is 11.3 Å². The maximum absolute atomic E-state index is 12.8. The number of carbonyl (C=O) groups excluding carboxylic acids is 1. The number of rotatable bonds is 3. The molecule has 4 rings (SSSR count). The summed E-state index contributed by atoms with van der Waals surface area (Å²) in [6.07, 6.45) is -0.630. The fraction of sp³-hybridized carbons (Fsp3) is 0.200. The number of fused-ring (bicyclic) bond motifs is 1. The molecule has 1 aromatic heterocycles. The number of anilines is 2. The van der Waals surface area contributed by atoms with Crippen molar-refractivity contribution < 1.29 is 18.0 Å². The highest BCUT2D eigenvalue weighted by Crippen LogP contribution is 2.31. The molecule has 0 atom stereocenters. The van der Waals surface area contributed by atoms with Crippen LogP contribution < -0.4 is 10.6 Å². The highest BCUT2D eigenvalue weighted by atomic mass is 19.4. The van der Waals surface area contributed by atoms with Crippen LogP contribution in [-0.4, -0.2) is 15.6 Å². The van der Waals surface area contributed by atoms with Crippen LogP contribution in [0, 0.1) is 0 Å². The van der Waals surface area contributed by atoms with E-state index in [-0.39, 0.29) is 5.69 Å². The van der Waals surface area contributed by atoms with E-state index < -0.39 is 17.8 Å². The van der Waals surface area contributed by atoms with Gasteiger partial charge >= 0.3 is 12.2 Å². The maximum atomic E-state index is 12.8. The first-order chi connectivity index (χ1) is 13.4. The van der Waals surface area contributed by atoms with Crippen LogP contribution in [0.2, 0.25) is 0 Å². The Labute approximate surface area is 159 Å². The van der Waals surface area contributed by atoms with Gasteiger partial charge in [-0.2, -0.15) is 13.2 Å². The Balaban J connectivity index is 1.48. The molecule has 0 spiro atoms. The predicted molar refractivity (Wildman–Crippen MR) is 100 cm³/mol. The molecule has 2 amide bonds. The van der Waals surface area contributed by atoms with Crippen molar-refractivity contribution in [2.24, 2.45) is 0 Å². The van der Waals surface area contributed by atoms with Gasteiger partial charge in [-0.1, -0.05) is 18.2 Å². The fourth-order valence-electron chi connectivity index (χ4n) is 3.31. The molecule has 2 aromatic carbocycles. The summed E-state index contributed by atoms with van der Waals surface area (Å²) in [6.45, 7) is 0.915. The van der Waals surface area contributed by atoms with E-state index in [1.54, 1.807) is 6.07 Å². The van der Waals surface area contributed by atoms with Crippen LogP contribution >= 0.6 is 0 Å². The molecule has 0 fully saturated rings. The topological polar surface area (TPSA) is 59.0 Å². The number of amides is 2. The van der Waals surface area contributed by atoms with Crippen molar-refractivity contribution >= 4 is 17.4 Å². The number of benzene rings is 2. The van der Waals surface area contributed by atoms with Crippen molar-refractivity contribution in [1.29, 1.82) is 0 Å². The third kappa shape index (κ3) is 3.71. The van der Waals surface area contributed by atoms with E-state index in [1.165, 1.54) is 12.1 Å². The van der Waals surface area contributed by atoms with Crippen molar-refractivity contribution in [3.63, 3.8) is 0 Å². The number of carbonyl (C=O) groups is 1. The van der Waals surface area contributed by atoms with Crippen molar-refractivity contribution in [2.45, 2.75) is 25.6 Å². The number of nitrogens with one attached hydrogen (secondary N) is 2. The molecule has 0 saturated heterocycles. The highest BCUT2D eigenvalue weighted by Gasteiger charge is 2.30. The zero-order valence-corrected chi connectivity index (χ0v) is 14.8. The number of halogens is 3. The molecule has 8 heteroatoms. The molecular weight excluding hydrogens is 369 g/mol. The van der Waals surface area contributed by atoms with Gasteiger partial charge in [-0.3, -0.25) is 0 Å². The molecule has 1 aliphatic heterocycles. The summed E-state index contributed by atoms with van der Waals surface area (Å²) in [5.74, 6) is 1.05. The molecular formula is C20H17F3N4O. The van der Waals surface area contributed by atoms with Crippen molar-refractivity contribution in [3.05, 3.63) is 66.1 Å². The molecule has 0 unspecified atom stereocenters. The second-order valence-corrected chi connectivity index (χ2v) is 6.55. The fourth-order valence-corrected chi connectivity index (χ4v) is 3.31. The summed E-state index contributed by atoms with van der Waals surface area (Å²) in [5.41, 5.74) is 1.68. The molecule has 2 N–H and O–H groups in total. The molecule has 1 aliphatic rings. The largest absolute Gasteiger partial charge is 0.416 e. The Bertz CT molecular complexity index is 1030. The van der Waals surface area contributed by atoms with Gasteiger partial charge in [0.05, 0.1) is 17.5 Å². The van der Waals surface area contributed by atoms with Gasteiger partial charge in [-0.25, -0.2) is 9.78 Å². The lowest BCUT2D eigenvalue weighted by molar-refractivity contribution is -0.137. The van der Waals surface area contributed by atoms with E-state index >= 15 is 0 Å². The summed E-state index contributed by atoms with van der Waals surface area (Å²) in [5, 5.41) is 5.09. The lowest BCUT2D eigenvalue weighted by Gasteiger charge is -2.12. The third-order valence-electron chi connectivity index (χ3n) is 4.58. The normalized spacial score (nSPS) is 13.2. The van der Waals surface area contributed by atoms with Crippen LogP contribution in [0.15, 0.2) is 54.7 Å². The zero-order valence-electron chi connectivity index (χ0n) is 14.8. The van der Waals surface area contributed by atoms with Gasteiger partial charge in [0.25, 0.3) is 0 Å². The van der Waals surface area contributed by atoms with E-state index in [2.05, 4.69) is 20.2 Å². The quantitative estimate of drug-likeness (QED) is 0.653. The average molecular weight is 386 g/mol. The molecule has 144 valence electrons. The summed E-state index contributed by atoms with van der Waals surface area (Å²) in [4.78, 5) is 16.6. The third-order valence-corrected chi connectivity index (χ3v) is 4.58. The summed E-state index contributed by atoms with van der Waals surface area (Å²) >= 11 is 0. The number of urea groups is 1. The second-order valence-electron chi connectivity index (χ2n) is 6.55. The number of nitrogens with zero attached hydrogens (tertiary/aromatic N) is 2. The van der Waals surface area contributed by atoms with Crippen LogP contribution in [0.5, 0.6) is 0 Å². The maximum Gasteiger partial charge on any atom is 0.416 e. The standard InChI is InChI=1S/C20H17F3N4O/c21-20(22,23)14-5-2-7-16(11-14)26-19(28)25-15-6-1-4-13(10-15)17-12-24-18-8-3-9-27(17)18/h1-2,4-7,10-12H,3,8-9H2,(H2,25,26,28). The van der Waals surface area contributed by atoms with Gasteiger partial charge in [0.1, 0.15) is 5.82 Å². The molecule has 2 heterocycles. The Morgan fingerprint density at radius 3 is 2.50 bits per heavy atom. The Morgan fingerprint density at radius 1 is 1.04 bits per heavy atom. The van der Waals surface area contributed by atoms with Crippen LogP contribution in [-0.2, 0) is 19.1 Å². The van der Waals surface area contributed by atoms with E-state index in [0.29, 0.717) is 5.69 Å². The SMILES string of the molecule is O=C(Nc1cccc(-c2cnc3n2CCC3)c1)Nc1cccc(C(F)(F)F)c1. The van der Waals surface area contributed by atoms with E-state index in [4.69, 9.17) is 0 Å². The lowest BCUT2D eigenvalue weighted by Crippen LogP contribution is -2.19. The summed E-state index contributed by atoms with van der Waals surface area (Å²) < 4.78 is 40.5. The smallest absolute Gasteiger partial charge is 0.328 e. The highest BCUT2D eigenvalue weighted by molar-refractivity contribution is 6.00. The summed E-state index contributed by atoms with van der Waals surface area (Å²) in [7, 11) is 0. The minimum absolute atomic E-state index is 0.0667. The summed E-state index contributed by atoms with van der Waals surface area (Å²) in [6, 6.07) is 11.2. The van der Waals surface area contributed by atoms with Gasteiger partial charge in [-0.05, 0) is 36.8 Å². The minimum Gasteiger partial charge on any atom is -0.328 e. The monoisotopic (exact) mass is 386 g/mol. The molecule has 5 nitrogen and oxygen atoms in total. The van der Waals surface area contributed by atoms with Crippen molar-refractivity contribution in [2.75, 3.05) is 10.6 Å². The number of aryl methyl sites for hydroxylation is 1. The van der Waals surface area contributed by atoms with E-state index in [9.17, 15) is 18.0 Å². The Morgan fingerprint density at radius 2 is 1.75 bits per heavy atom. The first-order valence-electron chi connectivity index (χ1n) is 8.80. The van der Waals surface area contributed by atoms with E-state index in [1.807, 2.05) is 24.4 Å². The van der Waals surface area contributed by atoms with Gasteiger partial charge in [-0.15, -0.1) is 0 Å². The first-order valence-corrected chi connectivity index (χ1v) is 8.80. The number of hydrogen-bond donors (Lipinski definition) is 2. The predicted octanol–water partition coefficient (Wildman–Crippen LogP) is 5.16. The second kappa shape index (κ2) is 7.03. The molecule has 0 bridgehead atoms. The zero-order chi connectivity index (χ0) is 19.7. The van der Waals surface area contributed by atoms with Crippen LogP contribution in [0.25, 0.3) is 11.3 Å². The number of hydrogen-bond acceptors (Lipinski definition) is 2. The van der Waals surface area contributed by atoms with Crippen LogP contribution in [0.3, 0.4) is 0 Å². The van der Waals surface area contributed by atoms with E-state index in [0.717, 1.165) is 48.6 Å². The van der Waals surface area contributed by atoms with Crippen LogP contribution in [0.4, 0.5) is 29.3 Å². The molecule has 0 aliphatic carbocycles. The minimum atomic E-state index is -4.46. The molecule has 0 saturated carbocycles. The molecule has 0 radical (unpaired) electrons. The number of imidazole rings is 1. The Hall–Kier alpha value is -3.29. The van der Waals surface area contributed by atoms with Gasteiger partial charge in [0.2, 0.25) is 0 Å². The molecule has 3 aromatic rings. The van der Waals surface area contributed by atoms with Gasteiger partial charge < -0.3 is 15.2 Å². The lowest BCUT2D eigenvalue weighted by atomic mass is 10.1.